The highest BCUT2D eigenvalue weighted by atomic mass is 16.5. The highest BCUT2D eigenvalue weighted by molar-refractivity contribution is 6.00. The van der Waals surface area contributed by atoms with Gasteiger partial charge in [-0.3, -0.25) is 19.2 Å². The number of amides is 3. The molecule has 0 saturated carbocycles. The van der Waals surface area contributed by atoms with Crippen molar-refractivity contribution in [2.24, 2.45) is 11.8 Å². The number of esters is 1. The molecule has 2 aliphatic rings. The number of allylic oxidation sites excluding steroid dienone is 2. The van der Waals surface area contributed by atoms with E-state index >= 15 is 0 Å². The Balaban J connectivity index is 1.87. The first-order valence-electron chi connectivity index (χ1n) is 12.7. The van der Waals surface area contributed by atoms with Gasteiger partial charge in [0.2, 0.25) is 17.7 Å². The molecule has 0 spiro atoms. The van der Waals surface area contributed by atoms with Crippen molar-refractivity contribution in [3.8, 4) is 0 Å². The van der Waals surface area contributed by atoms with Crippen LogP contribution in [0.3, 0.4) is 0 Å². The van der Waals surface area contributed by atoms with Crippen molar-refractivity contribution < 1.29 is 29.0 Å². The summed E-state index contributed by atoms with van der Waals surface area (Å²) >= 11 is 0. The standard InChI is InChI=1S/C27H37N3O6/c1-18(17-31)28-25(33)22-13-7-6-12-21(16-23(32)30-14-8-9-15-30)27(35)36-24(19(2)29-26(22)34)20-10-4-3-5-11-20/h3-7,10-11,18-19,21-22,24,31H,8-9,12-17H2,1-2H3,(H,28,33)(H,29,34)/t18-,19-,21?,22?,24?/m0/s1. The highest BCUT2D eigenvalue weighted by Gasteiger charge is 2.34. The predicted molar refractivity (Wildman–Crippen MR) is 133 cm³/mol. The summed E-state index contributed by atoms with van der Waals surface area (Å²) in [6, 6.07) is 7.97. The number of benzene rings is 1. The summed E-state index contributed by atoms with van der Waals surface area (Å²) in [7, 11) is 0. The zero-order valence-corrected chi connectivity index (χ0v) is 21.0. The van der Waals surface area contributed by atoms with E-state index in [-0.39, 0.29) is 31.8 Å². The van der Waals surface area contributed by atoms with Gasteiger partial charge in [-0.15, -0.1) is 0 Å². The van der Waals surface area contributed by atoms with Crippen molar-refractivity contribution in [2.75, 3.05) is 19.7 Å². The molecule has 1 aromatic rings. The Kier molecular flexibility index (Phi) is 10.0. The Labute approximate surface area is 212 Å². The topological polar surface area (TPSA) is 125 Å². The average molecular weight is 500 g/mol. The molecule has 0 bridgehead atoms. The highest BCUT2D eigenvalue weighted by Crippen LogP contribution is 2.27. The van der Waals surface area contributed by atoms with E-state index in [2.05, 4.69) is 10.6 Å². The van der Waals surface area contributed by atoms with E-state index in [1.165, 1.54) is 0 Å². The summed E-state index contributed by atoms with van der Waals surface area (Å²) in [5, 5.41) is 14.8. The molecule has 5 atom stereocenters. The molecule has 9 heteroatoms. The van der Waals surface area contributed by atoms with Gasteiger partial charge in [-0.05, 0) is 45.1 Å². The van der Waals surface area contributed by atoms with Crippen molar-refractivity contribution >= 4 is 23.7 Å². The van der Waals surface area contributed by atoms with E-state index in [1.54, 1.807) is 30.9 Å². The van der Waals surface area contributed by atoms with Crippen LogP contribution in [-0.4, -0.2) is 65.5 Å². The van der Waals surface area contributed by atoms with E-state index < -0.39 is 47.8 Å². The van der Waals surface area contributed by atoms with E-state index in [0.29, 0.717) is 18.7 Å². The van der Waals surface area contributed by atoms with Gasteiger partial charge in [0.1, 0.15) is 12.0 Å². The third-order valence-electron chi connectivity index (χ3n) is 6.66. The third kappa shape index (κ3) is 7.40. The first-order valence-corrected chi connectivity index (χ1v) is 12.7. The predicted octanol–water partition coefficient (Wildman–Crippen LogP) is 1.87. The molecule has 1 saturated heterocycles. The number of nitrogens with one attached hydrogen (secondary N) is 2. The Bertz CT molecular complexity index is 944. The van der Waals surface area contributed by atoms with Crippen LogP contribution in [0.4, 0.5) is 0 Å². The van der Waals surface area contributed by atoms with E-state index in [9.17, 15) is 24.3 Å². The average Bonchev–Trinajstić information content (AvgIpc) is 3.41. The number of aliphatic hydroxyl groups excluding tert-OH is 1. The van der Waals surface area contributed by atoms with Gasteiger partial charge in [0.05, 0.1) is 18.6 Å². The molecule has 196 valence electrons. The molecular weight excluding hydrogens is 462 g/mol. The third-order valence-corrected chi connectivity index (χ3v) is 6.66. The van der Waals surface area contributed by atoms with Gasteiger partial charge >= 0.3 is 5.97 Å². The fourth-order valence-electron chi connectivity index (χ4n) is 4.51. The molecule has 0 radical (unpaired) electrons. The summed E-state index contributed by atoms with van der Waals surface area (Å²) in [6.07, 6.45) is 4.99. The number of carbonyl (C=O) groups is 4. The summed E-state index contributed by atoms with van der Waals surface area (Å²) < 4.78 is 5.93. The number of hydrogen-bond acceptors (Lipinski definition) is 6. The lowest BCUT2D eigenvalue weighted by Crippen LogP contribution is -2.48. The van der Waals surface area contributed by atoms with Crippen LogP contribution in [0.1, 0.15) is 57.6 Å². The second-order valence-corrected chi connectivity index (χ2v) is 9.64. The number of likely N-dealkylation sites (tertiary alicyclic amines) is 1. The van der Waals surface area contributed by atoms with Gasteiger partial charge in [-0.2, -0.15) is 0 Å². The van der Waals surface area contributed by atoms with Crippen LogP contribution in [0.2, 0.25) is 0 Å². The maximum absolute atomic E-state index is 13.3. The summed E-state index contributed by atoms with van der Waals surface area (Å²) in [5.74, 6) is -3.24. The smallest absolute Gasteiger partial charge is 0.310 e. The second kappa shape index (κ2) is 13.2. The first kappa shape index (κ1) is 27.4. The normalized spacial score (nSPS) is 26.2. The van der Waals surface area contributed by atoms with Gasteiger partial charge in [0.25, 0.3) is 0 Å². The van der Waals surface area contributed by atoms with Gasteiger partial charge < -0.3 is 25.4 Å². The molecule has 2 heterocycles. The van der Waals surface area contributed by atoms with Crippen LogP contribution < -0.4 is 10.6 Å². The molecule has 0 aliphatic carbocycles. The van der Waals surface area contributed by atoms with Crippen LogP contribution in [0, 0.1) is 11.8 Å². The van der Waals surface area contributed by atoms with Crippen molar-refractivity contribution in [1.82, 2.24) is 15.5 Å². The van der Waals surface area contributed by atoms with E-state index in [1.807, 2.05) is 30.3 Å². The lowest BCUT2D eigenvalue weighted by molar-refractivity contribution is -0.159. The van der Waals surface area contributed by atoms with Crippen molar-refractivity contribution in [1.29, 1.82) is 0 Å². The Hall–Kier alpha value is -3.20. The van der Waals surface area contributed by atoms with Crippen molar-refractivity contribution in [3.05, 3.63) is 48.0 Å². The van der Waals surface area contributed by atoms with Crippen molar-refractivity contribution in [2.45, 2.75) is 64.1 Å². The van der Waals surface area contributed by atoms with Crippen LogP contribution in [-0.2, 0) is 23.9 Å². The quantitative estimate of drug-likeness (QED) is 0.312. The van der Waals surface area contributed by atoms with E-state index in [0.717, 1.165) is 12.8 Å². The SMILES string of the molecule is C[C@@H]1NC(=O)C(C(=O)N[C@@H](C)CO)CC=CCC(CC(=O)N2CCCC2)C(=O)OC1c1ccccc1. The molecule has 9 nitrogen and oxygen atoms in total. The van der Waals surface area contributed by atoms with Gasteiger partial charge in [0.15, 0.2) is 0 Å². The van der Waals surface area contributed by atoms with Crippen LogP contribution in [0.15, 0.2) is 42.5 Å². The number of hydrogen-bond donors (Lipinski definition) is 3. The van der Waals surface area contributed by atoms with Gasteiger partial charge in [-0.25, -0.2) is 0 Å². The maximum Gasteiger partial charge on any atom is 0.310 e. The first-order chi connectivity index (χ1) is 17.3. The number of carbonyl (C=O) groups excluding carboxylic acids is 4. The second-order valence-electron chi connectivity index (χ2n) is 9.64. The number of ether oxygens (including phenoxy) is 1. The molecule has 36 heavy (non-hydrogen) atoms. The largest absolute Gasteiger partial charge is 0.455 e. The Morgan fingerprint density at radius 2 is 1.81 bits per heavy atom. The lowest BCUT2D eigenvalue weighted by atomic mass is 9.96. The fraction of sp³-hybridized carbons (Fsp3) is 0.556. The van der Waals surface area contributed by atoms with Crippen LogP contribution in [0.5, 0.6) is 0 Å². The monoisotopic (exact) mass is 499 g/mol. The molecular formula is C27H37N3O6. The molecule has 3 unspecified atom stereocenters. The maximum atomic E-state index is 13.3. The Morgan fingerprint density at radius 3 is 2.47 bits per heavy atom. The zero-order valence-electron chi connectivity index (χ0n) is 21.0. The molecule has 3 rings (SSSR count). The minimum Gasteiger partial charge on any atom is -0.455 e. The fourth-order valence-corrected chi connectivity index (χ4v) is 4.51. The van der Waals surface area contributed by atoms with Crippen molar-refractivity contribution in [3.63, 3.8) is 0 Å². The van der Waals surface area contributed by atoms with Gasteiger partial charge in [0, 0.05) is 25.6 Å². The molecule has 3 N–H and O–H groups in total. The summed E-state index contributed by atoms with van der Waals surface area (Å²) in [5.41, 5.74) is 0.700. The van der Waals surface area contributed by atoms with Crippen LogP contribution in [0.25, 0.3) is 0 Å². The molecule has 0 aromatic heterocycles. The summed E-state index contributed by atoms with van der Waals surface area (Å²) in [4.78, 5) is 53.8. The Morgan fingerprint density at radius 1 is 1.14 bits per heavy atom. The molecule has 1 fully saturated rings. The number of cyclic esters (lactones) is 1. The number of aliphatic hydroxyl groups is 1. The molecule has 2 aliphatic heterocycles. The lowest BCUT2D eigenvalue weighted by Gasteiger charge is -2.29. The number of rotatable bonds is 6. The zero-order chi connectivity index (χ0) is 26.1. The summed E-state index contributed by atoms with van der Waals surface area (Å²) in [6.45, 7) is 4.53. The van der Waals surface area contributed by atoms with Crippen LogP contribution >= 0.6 is 0 Å². The minimum absolute atomic E-state index is 0.0450. The molecule has 1 aromatic carbocycles. The minimum atomic E-state index is -1.02. The molecule has 3 amide bonds. The van der Waals surface area contributed by atoms with E-state index in [4.69, 9.17) is 4.74 Å². The van der Waals surface area contributed by atoms with Gasteiger partial charge in [-0.1, -0.05) is 42.5 Å². The number of nitrogens with zero attached hydrogens (tertiary/aromatic N) is 1.